The minimum absolute atomic E-state index is 0.179. The number of alkyl halides is 1. The van der Waals surface area contributed by atoms with Crippen molar-refractivity contribution in [3.05, 3.63) is 0 Å². The summed E-state index contributed by atoms with van der Waals surface area (Å²) in [5.74, 6) is 0. The third kappa shape index (κ3) is 4.46. The Kier molecular flexibility index (Phi) is 5.53. The molecule has 0 spiro atoms. The molecular formula is C14H26IN3O2. The van der Waals surface area contributed by atoms with Gasteiger partial charge in [-0.1, -0.05) is 22.6 Å². The Morgan fingerprint density at radius 3 is 2.45 bits per heavy atom. The van der Waals surface area contributed by atoms with Crippen LogP contribution in [0.5, 0.6) is 0 Å². The number of piperidine rings is 1. The summed E-state index contributed by atoms with van der Waals surface area (Å²) in [6, 6.07) is 0.675. The topological polar surface area (TPSA) is 44.8 Å². The number of nitrogens with zero attached hydrogens (tertiary/aromatic N) is 2. The van der Waals surface area contributed by atoms with E-state index in [4.69, 9.17) is 4.74 Å². The molecule has 0 aliphatic carbocycles. The zero-order valence-electron chi connectivity index (χ0n) is 12.7. The van der Waals surface area contributed by atoms with Gasteiger partial charge in [-0.05, 0) is 46.7 Å². The normalized spacial score (nSPS) is 26.6. The van der Waals surface area contributed by atoms with Gasteiger partial charge in [-0.25, -0.2) is 4.79 Å². The summed E-state index contributed by atoms with van der Waals surface area (Å²) >= 11 is 2.36. The molecule has 1 unspecified atom stereocenters. The predicted octanol–water partition coefficient (Wildman–Crippen LogP) is 2.05. The van der Waals surface area contributed by atoms with Gasteiger partial charge in [0.1, 0.15) is 5.60 Å². The third-order valence-electron chi connectivity index (χ3n) is 3.80. The highest BCUT2D eigenvalue weighted by Crippen LogP contribution is 2.23. The second-order valence-electron chi connectivity index (χ2n) is 6.58. The highest BCUT2D eigenvalue weighted by Gasteiger charge is 2.34. The number of hydrogen-bond donors (Lipinski definition) is 1. The van der Waals surface area contributed by atoms with E-state index in [2.05, 4.69) is 32.8 Å². The van der Waals surface area contributed by atoms with Crippen molar-refractivity contribution in [2.24, 2.45) is 0 Å². The van der Waals surface area contributed by atoms with Gasteiger partial charge in [0.2, 0.25) is 0 Å². The molecule has 0 radical (unpaired) electrons. The van der Waals surface area contributed by atoms with Gasteiger partial charge in [0.15, 0.2) is 0 Å². The SMILES string of the molecule is CC(C)(C)OC(=O)N1CCN(C2CCNCC2)CC1I. The van der Waals surface area contributed by atoms with E-state index >= 15 is 0 Å². The van der Waals surface area contributed by atoms with Crippen LogP contribution in [0.2, 0.25) is 0 Å². The van der Waals surface area contributed by atoms with Crippen LogP contribution in [0.3, 0.4) is 0 Å². The van der Waals surface area contributed by atoms with Gasteiger partial charge < -0.3 is 10.1 Å². The van der Waals surface area contributed by atoms with Gasteiger partial charge in [0, 0.05) is 25.7 Å². The van der Waals surface area contributed by atoms with Crippen LogP contribution in [0.4, 0.5) is 4.79 Å². The molecule has 2 aliphatic rings. The molecule has 0 bridgehead atoms. The lowest BCUT2D eigenvalue weighted by Gasteiger charge is -2.43. The van der Waals surface area contributed by atoms with Crippen LogP contribution in [0, 0.1) is 0 Å². The Balaban J connectivity index is 1.87. The zero-order valence-corrected chi connectivity index (χ0v) is 14.9. The van der Waals surface area contributed by atoms with Crippen LogP contribution in [0.1, 0.15) is 33.6 Å². The molecule has 116 valence electrons. The van der Waals surface area contributed by atoms with Crippen molar-refractivity contribution in [1.29, 1.82) is 0 Å². The molecule has 2 rings (SSSR count). The number of carbonyl (C=O) groups excluding carboxylic acids is 1. The van der Waals surface area contributed by atoms with E-state index in [1.54, 1.807) is 0 Å². The first-order chi connectivity index (χ1) is 9.37. The Bertz CT molecular complexity index is 340. The van der Waals surface area contributed by atoms with Crippen molar-refractivity contribution in [3.63, 3.8) is 0 Å². The molecule has 5 nitrogen and oxygen atoms in total. The van der Waals surface area contributed by atoms with Crippen LogP contribution in [-0.4, -0.2) is 64.3 Å². The average molecular weight is 395 g/mol. The van der Waals surface area contributed by atoms with Gasteiger partial charge in [-0.15, -0.1) is 0 Å². The predicted molar refractivity (Wildman–Crippen MR) is 88.2 cm³/mol. The van der Waals surface area contributed by atoms with Crippen LogP contribution in [0.25, 0.3) is 0 Å². The second-order valence-corrected chi connectivity index (χ2v) is 8.02. The highest BCUT2D eigenvalue weighted by atomic mass is 127. The minimum atomic E-state index is -0.417. The largest absolute Gasteiger partial charge is 0.444 e. The maximum atomic E-state index is 12.2. The number of amides is 1. The molecule has 6 heteroatoms. The molecule has 1 atom stereocenters. The van der Waals surface area contributed by atoms with Crippen molar-refractivity contribution in [2.75, 3.05) is 32.7 Å². The monoisotopic (exact) mass is 395 g/mol. The summed E-state index contributed by atoms with van der Waals surface area (Å²) in [6.45, 7) is 10.7. The number of hydrogen-bond acceptors (Lipinski definition) is 4. The molecule has 1 amide bonds. The maximum absolute atomic E-state index is 12.2. The average Bonchev–Trinajstić information content (AvgIpc) is 2.37. The number of nitrogens with one attached hydrogen (secondary N) is 1. The molecule has 2 heterocycles. The van der Waals surface area contributed by atoms with E-state index in [9.17, 15) is 4.79 Å². The van der Waals surface area contributed by atoms with E-state index in [1.165, 1.54) is 12.8 Å². The minimum Gasteiger partial charge on any atom is -0.444 e. The maximum Gasteiger partial charge on any atom is 0.411 e. The van der Waals surface area contributed by atoms with Crippen molar-refractivity contribution in [2.45, 2.75) is 49.3 Å². The fourth-order valence-corrected chi connectivity index (χ4v) is 3.80. The molecule has 1 N–H and O–H groups in total. The number of rotatable bonds is 1. The van der Waals surface area contributed by atoms with Gasteiger partial charge in [0.05, 0.1) is 4.05 Å². The lowest BCUT2D eigenvalue weighted by Crippen LogP contribution is -2.57. The van der Waals surface area contributed by atoms with Crippen LogP contribution < -0.4 is 5.32 Å². The van der Waals surface area contributed by atoms with Crippen LogP contribution in [-0.2, 0) is 4.74 Å². The third-order valence-corrected chi connectivity index (χ3v) is 4.87. The van der Waals surface area contributed by atoms with Crippen molar-refractivity contribution < 1.29 is 9.53 Å². The van der Waals surface area contributed by atoms with Crippen LogP contribution >= 0.6 is 22.6 Å². The quantitative estimate of drug-likeness (QED) is 0.420. The first-order valence-electron chi connectivity index (χ1n) is 7.45. The van der Waals surface area contributed by atoms with E-state index < -0.39 is 5.60 Å². The zero-order chi connectivity index (χ0) is 14.8. The number of ether oxygens (including phenoxy) is 1. The first kappa shape index (κ1) is 16.3. The Morgan fingerprint density at radius 1 is 1.25 bits per heavy atom. The molecule has 2 fully saturated rings. The van der Waals surface area contributed by atoms with E-state index in [0.717, 1.165) is 32.7 Å². The fourth-order valence-electron chi connectivity index (χ4n) is 2.79. The van der Waals surface area contributed by atoms with E-state index in [1.807, 2.05) is 25.7 Å². The number of carbonyl (C=O) groups is 1. The van der Waals surface area contributed by atoms with Crippen molar-refractivity contribution in [3.8, 4) is 0 Å². The Labute approximate surface area is 135 Å². The summed E-state index contributed by atoms with van der Waals surface area (Å²) in [4.78, 5) is 16.6. The molecule has 2 saturated heterocycles. The standard InChI is InChI=1S/C14H26IN3O2/c1-14(2,3)20-13(19)18-9-8-17(10-12(18)15)11-4-6-16-7-5-11/h11-12,16H,4-10H2,1-3H3. The summed E-state index contributed by atoms with van der Waals surface area (Å²) in [7, 11) is 0. The van der Waals surface area contributed by atoms with E-state index in [-0.39, 0.29) is 10.1 Å². The van der Waals surface area contributed by atoms with Crippen molar-refractivity contribution >= 4 is 28.7 Å². The fraction of sp³-hybridized carbons (Fsp3) is 0.929. The van der Waals surface area contributed by atoms with Gasteiger partial charge in [-0.3, -0.25) is 9.80 Å². The molecule has 0 aromatic heterocycles. The first-order valence-corrected chi connectivity index (χ1v) is 8.70. The van der Waals surface area contributed by atoms with Gasteiger partial charge in [-0.2, -0.15) is 0 Å². The van der Waals surface area contributed by atoms with Crippen molar-refractivity contribution in [1.82, 2.24) is 15.1 Å². The molecular weight excluding hydrogens is 369 g/mol. The molecule has 0 saturated carbocycles. The van der Waals surface area contributed by atoms with Gasteiger partial charge in [0.25, 0.3) is 0 Å². The number of halogens is 1. The number of piperazine rings is 1. The van der Waals surface area contributed by atoms with Crippen LogP contribution in [0.15, 0.2) is 0 Å². The second kappa shape index (κ2) is 6.79. The highest BCUT2D eigenvalue weighted by molar-refractivity contribution is 14.1. The smallest absolute Gasteiger partial charge is 0.411 e. The van der Waals surface area contributed by atoms with Gasteiger partial charge >= 0.3 is 6.09 Å². The summed E-state index contributed by atoms with van der Waals surface area (Å²) in [5, 5.41) is 3.40. The molecule has 2 aliphatic heterocycles. The van der Waals surface area contributed by atoms with E-state index in [0.29, 0.717) is 6.04 Å². The summed E-state index contributed by atoms with van der Waals surface area (Å²) in [6.07, 6.45) is 2.26. The molecule has 0 aromatic carbocycles. The summed E-state index contributed by atoms with van der Waals surface area (Å²) in [5.41, 5.74) is -0.417. The molecule has 20 heavy (non-hydrogen) atoms. The molecule has 0 aromatic rings. The Hall–Kier alpha value is -0.0800. The lowest BCUT2D eigenvalue weighted by atomic mass is 10.0. The Morgan fingerprint density at radius 2 is 1.90 bits per heavy atom. The lowest BCUT2D eigenvalue weighted by molar-refractivity contribution is 0.00603. The summed E-state index contributed by atoms with van der Waals surface area (Å²) < 4.78 is 5.68.